The van der Waals surface area contributed by atoms with E-state index in [1.165, 1.54) is 6.07 Å². The molecule has 0 aliphatic carbocycles. The number of carbonyl (C=O) groups is 1. The van der Waals surface area contributed by atoms with Crippen LogP contribution in [0, 0.1) is 5.82 Å². The zero-order valence-corrected chi connectivity index (χ0v) is 14.8. The lowest BCUT2D eigenvalue weighted by molar-refractivity contribution is 0.0705. The second kappa shape index (κ2) is 7.61. The summed E-state index contributed by atoms with van der Waals surface area (Å²) in [6, 6.07) is 10.1. The third-order valence-corrected chi connectivity index (χ3v) is 4.86. The first-order chi connectivity index (χ1) is 13.2. The highest BCUT2D eigenvalue weighted by atomic mass is 19.1. The second-order valence-corrected chi connectivity index (χ2v) is 6.60. The van der Waals surface area contributed by atoms with E-state index in [9.17, 15) is 9.18 Å². The molecule has 1 amide bonds. The van der Waals surface area contributed by atoms with Gasteiger partial charge in [-0.25, -0.2) is 4.39 Å². The molecule has 1 aliphatic rings. The summed E-state index contributed by atoms with van der Waals surface area (Å²) in [6.45, 7) is 1.23. The van der Waals surface area contributed by atoms with Crippen LogP contribution in [0.5, 0.6) is 0 Å². The molecule has 0 radical (unpaired) electrons. The number of halogens is 1. The van der Waals surface area contributed by atoms with Crippen molar-refractivity contribution in [3.05, 3.63) is 78.3 Å². The first-order valence-electron chi connectivity index (χ1n) is 8.99. The van der Waals surface area contributed by atoms with Crippen molar-refractivity contribution in [2.24, 2.45) is 0 Å². The van der Waals surface area contributed by atoms with E-state index in [0.717, 1.165) is 18.5 Å². The van der Waals surface area contributed by atoms with Crippen LogP contribution < -0.4 is 0 Å². The van der Waals surface area contributed by atoms with E-state index in [0.29, 0.717) is 29.9 Å². The van der Waals surface area contributed by atoms with E-state index < -0.39 is 0 Å². The fourth-order valence-electron chi connectivity index (χ4n) is 3.56. The second-order valence-electron chi connectivity index (χ2n) is 6.60. The molecule has 1 atom stereocenters. The molecule has 2 aromatic heterocycles. The van der Waals surface area contributed by atoms with Gasteiger partial charge in [0.25, 0.3) is 5.91 Å². The average molecular weight is 362 g/mol. The maximum Gasteiger partial charge on any atom is 0.255 e. The van der Waals surface area contributed by atoms with E-state index in [-0.39, 0.29) is 17.6 Å². The minimum absolute atomic E-state index is 0.0164. The molecular formula is C21H19FN4O. The molecule has 1 unspecified atom stereocenters. The smallest absolute Gasteiger partial charge is 0.255 e. The summed E-state index contributed by atoms with van der Waals surface area (Å²) >= 11 is 0. The lowest BCUT2D eigenvalue weighted by Gasteiger charge is -2.33. The van der Waals surface area contributed by atoms with Gasteiger partial charge in [-0.15, -0.1) is 0 Å². The molecule has 0 bridgehead atoms. The maximum atomic E-state index is 14.3. The first-order valence-corrected chi connectivity index (χ1v) is 8.99. The van der Waals surface area contributed by atoms with Crippen molar-refractivity contribution in [1.82, 2.24) is 19.9 Å². The molecule has 4 rings (SSSR count). The normalized spacial score (nSPS) is 16.9. The highest BCUT2D eigenvalue weighted by Crippen LogP contribution is 2.33. The highest BCUT2D eigenvalue weighted by Gasteiger charge is 2.29. The molecular weight excluding hydrogens is 343 g/mol. The van der Waals surface area contributed by atoms with Gasteiger partial charge in [-0.1, -0.05) is 12.1 Å². The van der Waals surface area contributed by atoms with Crippen LogP contribution in [0.15, 0.2) is 61.2 Å². The molecule has 0 spiro atoms. The molecule has 1 fully saturated rings. The number of aromatic nitrogens is 3. The van der Waals surface area contributed by atoms with Gasteiger partial charge in [0, 0.05) is 49.4 Å². The molecule has 1 saturated heterocycles. The Morgan fingerprint density at radius 1 is 1.07 bits per heavy atom. The minimum Gasteiger partial charge on any atom is -0.338 e. The number of carbonyl (C=O) groups excluding carboxylic acids is 1. The summed E-state index contributed by atoms with van der Waals surface area (Å²) in [4.78, 5) is 27.5. The van der Waals surface area contributed by atoms with Crippen LogP contribution >= 0.6 is 0 Å². The first kappa shape index (κ1) is 17.3. The van der Waals surface area contributed by atoms with Gasteiger partial charge in [0.2, 0.25) is 0 Å². The van der Waals surface area contributed by atoms with E-state index >= 15 is 0 Å². The Labute approximate surface area is 156 Å². The van der Waals surface area contributed by atoms with Gasteiger partial charge in [0.05, 0.1) is 17.0 Å². The molecule has 1 aromatic carbocycles. The van der Waals surface area contributed by atoms with Crippen LogP contribution in [0.3, 0.4) is 0 Å². The van der Waals surface area contributed by atoms with Gasteiger partial charge >= 0.3 is 0 Å². The summed E-state index contributed by atoms with van der Waals surface area (Å²) in [7, 11) is 0. The molecule has 6 heteroatoms. The van der Waals surface area contributed by atoms with Crippen molar-refractivity contribution in [2.75, 3.05) is 13.1 Å². The number of hydrogen-bond acceptors (Lipinski definition) is 4. The Kier molecular flexibility index (Phi) is 4.87. The van der Waals surface area contributed by atoms with Crippen LogP contribution in [0.2, 0.25) is 0 Å². The average Bonchev–Trinajstić information content (AvgIpc) is 2.74. The molecule has 136 valence electrons. The Morgan fingerprint density at radius 3 is 2.74 bits per heavy atom. The number of hydrogen-bond donors (Lipinski definition) is 0. The van der Waals surface area contributed by atoms with Crippen molar-refractivity contribution >= 4 is 5.91 Å². The molecule has 1 aliphatic heterocycles. The van der Waals surface area contributed by atoms with Gasteiger partial charge in [-0.2, -0.15) is 0 Å². The van der Waals surface area contributed by atoms with E-state index in [2.05, 4.69) is 15.0 Å². The van der Waals surface area contributed by atoms with Gasteiger partial charge in [0.15, 0.2) is 0 Å². The minimum atomic E-state index is -0.321. The largest absolute Gasteiger partial charge is 0.338 e. The fraction of sp³-hybridized carbons (Fsp3) is 0.238. The van der Waals surface area contributed by atoms with Crippen molar-refractivity contribution in [1.29, 1.82) is 0 Å². The molecule has 0 saturated carbocycles. The van der Waals surface area contributed by atoms with Crippen LogP contribution in [0.4, 0.5) is 4.39 Å². The van der Waals surface area contributed by atoms with E-state index in [4.69, 9.17) is 0 Å². The van der Waals surface area contributed by atoms with E-state index in [1.54, 1.807) is 55.1 Å². The quantitative estimate of drug-likeness (QED) is 0.713. The zero-order chi connectivity index (χ0) is 18.6. The fourth-order valence-corrected chi connectivity index (χ4v) is 3.56. The number of likely N-dealkylation sites (tertiary alicyclic amines) is 1. The SMILES string of the molecule is O=C(c1cccnc1)N1CCCC(c2nccnc2-c2ccccc2F)C1. The molecule has 3 heterocycles. The summed E-state index contributed by atoms with van der Waals surface area (Å²) in [5.41, 5.74) is 2.31. The van der Waals surface area contributed by atoms with E-state index in [1.807, 2.05) is 4.90 Å². The number of pyridine rings is 1. The van der Waals surface area contributed by atoms with Crippen molar-refractivity contribution < 1.29 is 9.18 Å². The number of amides is 1. The number of nitrogens with zero attached hydrogens (tertiary/aromatic N) is 4. The lowest BCUT2D eigenvalue weighted by atomic mass is 9.91. The maximum absolute atomic E-state index is 14.3. The third-order valence-electron chi connectivity index (χ3n) is 4.86. The number of rotatable bonds is 3. The van der Waals surface area contributed by atoms with Crippen LogP contribution in [-0.4, -0.2) is 38.8 Å². The molecule has 0 N–H and O–H groups in total. The Morgan fingerprint density at radius 2 is 1.93 bits per heavy atom. The predicted molar refractivity (Wildman–Crippen MR) is 99.5 cm³/mol. The van der Waals surface area contributed by atoms with Crippen molar-refractivity contribution in [3.63, 3.8) is 0 Å². The number of benzene rings is 1. The predicted octanol–water partition coefficient (Wildman–Crippen LogP) is 3.70. The Bertz CT molecular complexity index is 948. The highest BCUT2D eigenvalue weighted by molar-refractivity contribution is 5.94. The van der Waals surface area contributed by atoms with Gasteiger partial charge < -0.3 is 4.90 Å². The summed E-state index contributed by atoms with van der Waals surface area (Å²) in [5, 5.41) is 0. The topological polar surface area (TPSA) is 59.0 Å². The van der Waals surface area contributed by atoms with Gasteiger partial charge in [-0.05, 0) is 37.1 Å². The molecule has 5 nitrogen and oxygen atoms in total. The van der Waals surface area contributed by atoms with Crippen LogP contribution in [0.25, 0.3) is 11.3 Å². The molecule has 3 aromatic rings. The van der Waals surface area contributed by atoms with Crippen LogP contribution in [-0.2, 0) is 0 Å². The summed E-state index contributed by atoms with van der Waals surface area (Å²) in [6.07, 6.45) is 8.18. The zero-order valence-electron chi connectivity index (χ0n) is 14.8. The number of piperidine rings is 1. The summed E-state index contributed by atoms with van der Waals surface area (Å²) < 4.78 is 14.3. The monoisotopic (exact) mass is 362 g/mol. The van der Waals surface area contributed by atoms with Gasteiger partial charge in [0.1, 0.15) is 5.82 Å². The van der Waals surface area contributed by atoms with Gasteiger partial charge in [-0.3, -0.25) is 19.7 Å². The van der Waals surface area contributed by atoms with Crippen molar-refractivity contribution in [2.45, 2.75) is 18.8 Å². The summed E-state index contributed by atoms with van der Waals surface area (Å²) in [5.74, 6) is -0.342. The molecule has 27 heavy (non-hydrogen) atoms. The Balaban J connectivity index is 1.63. The lowest BCUT2D eigenvalue weighted by Crippen LogP contribution is -2.39. The Hall–Kier alpha value is -3.15. The van der Waals surface area contributed by atoms with Crippen molar-refractivity contribution in [3.8, 4) is 11.3 Å². The standard InChI is InChI=1S/C21H19FN4O/c22-18-8-2-1-7-17(18)20-19(24-10-11-25-20)16-6-4-12-26(14-16)21(27)15-5-3-9-23-13-15/h1-3,5,7-11,13,16H,4,6,12,14H2. The van der Waals surface area contributed by atoms with Crippen LogP contribution in [0.1, 0.15) is 34.8 Å². The third kappa shape index (κ3) is 3.56.